The Morgan fingerprint density at radius 3 is 2.26 bits per heavy atom. The summed E-state index contributed by atoms with van der Waals surface area (Å²) in [5.41, 5.74) is 0.877. The van der Waals surface area contributed by atoms with E-state index >= 15 is 0 Å². The molecule has 2 rings (SSSR count). The number of hydrogen-bond acceptors (Lipinski definition) is 8. The molecule has 0 aliphatic heterocycles. The van der Waals surface area contributed by atoms with Gasteiger partial charge in [0.05, 0.1) is 11.5 Å². The molecule has 1 aromatic heterocycles. The lowest BCUT2D eigenvalue weighted by atomic mass is 10.1. The second-order valence-corrected chi connectivity index (χ2v) is 9.82. The summed E-state index contributed by atoms with van der Waals surface area (Å²) in [5, 5.41) is 10.7. The molecule has 0 amide bonds. The van der Waals surface area contributed by atoms with E-state index in [0.29, 0.717) is 0 Å². The van der Waals surface area contributed by atoms with E-state index < -0.39 is 16.0 Å². The maximum atomic E-state index is 12.5. The highest BCUT2D eigenvalue weighted by molar-refractivity contribution is 7.93. The molecule has 0 saturated heterocycles. The molecule has 0 bridgehead atoms. The molecule has 10 heteroatoms. The summed E-state index contributed by atoms with van der Waals surface area (Å²) in [5.74, 6) is -0.627. The number of hydrogen-bond donors (Lipinski definition) is 2. The first kappa shape index (κ1) is 25.1. The number of aromatic nitrogens is 2. The van der Waals surface area contributed by atoms with Crippen LogP contribution in [-0.4, -0.2) is 37.7 Å². The Labute approximate surface area is 188 Å². The van der Waals surface area contributed by atoms with Crippen LogP contribution in [0.4, 0.5) is 10.8 Å². The molecule has 0 aliphatic carbocycles. The predicted molar refractivity (Wildman–Crippen MR) is 124 cm³/mol. The number of carbonyl (C=O) groups is 1. The highest BCUT2D eigenvalue weighted by Gasteiger charge is 2.19. The van der Waals surface area contributed by atoms with Gasteiger partial charge in [0, 0.05) is 12.2 Å². The summed E-state index contributed by atoms with van der Waals surface area (Å²) in [6.07, 6.45) is 10.1. The van der Waals surface area contributed by atoms with Gasteiger partial charge in [-0.15, -0.1) is 10.2 Å². The van der Waals surface area contributed by atoms with Gasteiger partial charge in [-0.3, -0.25) is 4.72 Å². The minimum Gasteiger partial charge on any atom is -0.461 e. The van der Waals surface area contributed by atoms with Crippen molar-refractivity contribution in [1.29, 1.82) is 0 Å². The summed E-state index contributed by atoms with van der Waals surface area (Å²) >= 11 is 0.829. The second-order valence-electron chi connectivity index (χ2n) is 7.16. The molecule has 0 unspecified atom stereocenters. The van der Waals surface area contributed by atoms with Crippen molar-refractivity contribution in [2.75, 3.05) is 23.2 Å². The number of esters is 1. The zero-order valence-electron chi connectivity index (χ0n) is 18.2. The molecular formula is C21H32N4O4S2. The average molecular weight is 469 g/mol. The van der Waals surface area contributed by atoms with Crippen LogP contribution in [0, 0.1) is 0 Å². The molecule has 0 aliphatic rings. The molecular weight excluding hydrogens is 436 g/mol. The van der Waals surface area contributed by atoms with Crippen molar-refractivity contribution in [2.24, 2.45) is 0 Å². The first-order valence-electron chi connectivity index (χ1n) is 10.8. The molecule has 2 aromatic rings. The Kier molecular flexibility index (Phi) is 10.7. The van der Waals surface area contributed by atoms with Crippen molar-refractivity contribution in [3.05, 3.63) is 29.3 Å². The Morgan fingerprint density at radius 2 is 1.61 bits per heavy atom. The minimum atomic E-state index is -3.82. The fraction of sp³-hybridized carbons (Fsp3) is 0.571. The highest BCUT2D eigenvalue weighted by Crippen LogP contribution is 2.21. The number of nitrogens with zero attached hydrogens (tertiary/aromatic N) is 2. The van der Waals surface area contributed by atoms with E-state index in [9.17, 15) is 13.2 Å². The van der Waals surface area contributed by atoms with Gasteiger partial charge in [0.2, 0.25) is 10.1 Å². The zero-order valence-corrected chi connectivity index (χ0v) is 19.9. The van der Waals surface area contributed by atoms with E-state index in [-0.39, 0.29) is 21.6 Å². The van der Waals surface area contributed by atoms with Crippen molar-refractivity contribution in [3.8, 4) is 0 Å². The van der Waals surface area contributed by atoms with Crippen molar-refractivity contribution in [3.63, 3.8) is 0 Å². The minimum absolute atomic E-state index is 0.0000531. The molecule has 2 N–H and O–H groups in total. The number of carbonyl (C=O) groups excluding carboxylic acids is 1. The monoisotopic (exact) mass is 468 g/mol. The number of rotatable bonds is 15. The summed E-state index contributed by atoms with van der Waals surface area (Å²) in [7, 11) is -3.82. The first-order chi connectivity index (χ1) is 15.0. The molecule has 1 heterocycles. The van der Waals surface area contributed by atoms with Crippen molar-refractivity contribution < 1.29 is 17.9 Å². The normalized spacial score (nSPS) is 11.3. The van der Waals surface area contributed by atoms with E-state index in [1.807, 2.05) is 0 Å². The lowest BCUT2D eigenvalue weighted by Gasteiger charge is -2.08. The average Bonchev–Trinajstić information content (AvgIpc) is 3.21. The summed E-state index contributed by atoms with van der Waals surface area (Å²) < 4.78 is 32.2. The number of ether oxygens (including phenoxy) is 1. The third kappa shape index (κ3) is 8.82. The Bertz CT molecular complexity index is 898. The van der Waals surface area contributed by atoms with Gasteiger partial charge < -0.3 is 10.1 Å². The van der Waals surface area contributed by atoms with Crippen LogP contribution in [0.1, 0.15) is 75.0 Å². The molecule has 0 spiro atoms. The van der Waals surface area contributed by atoms with Crippen LogP contribution in [0.15, 0.2) is 29.2 Å². The summed E-state index contributed by atoms with van der Waals surface area (Å²) in [4.78, 5) is 11.7. The van der Waals surface area contributed by atoms with E-state index in [0.717, 1.165) is 30.0 Å². The van der Waals surface area contributed by atoms with Gasteiger partial charge in [-0.25, -0.2) is 13.2 Å². The van der Waals surface area contributed by atoms with Gasteiger partial charge in [0.15, 0.2) is 0 Å². The van der Waals surface area contributed by atoms with Gasteiger partial charge in [0.25, 0.3) is 10.0 Å². The van der Waals surface area contributed by atoms with Crippen LogP contribution in [0.25, 0.3) is 0 Å². The maximum Gasteiger partial charge on any atom is 0.369 e. The Morgan fingerprint density at radius 1 is 0.968 bits per heavy atom. The fourth-order valence-corrected chi connectivity index (χ4v) is 4.82. The van der Waals surface area contributed by atoms with Gasteiger partial charge in [0.1, 0.15) is 0 Å². The fourth-order valence-electron chi connectivity index (χ4n) is 2.96. The molecule has 172 valence electrons. The number of unbranched alkanes of at least 4 members (excludes halogenated alkanes) is 7. The standard InChI is InChI=1S/C21H32N4O4S2/c1-3-5-6-7-8-9-10-11-16-22-17-12-14-18(15-13-17)31(27,28)25-21-24-23-19(30-21)20(26)29-4-2/h12-15,22H,3-11,16H2,1-2H3,(H,24,25). The Hall–Kier alpha value is -2.20. The van der Waals surface area contributed by atoms with Gasteiger partial charge in [-0.2, -0.15) is 0 Å². The topological polar surface area (TPSA) is 110 Å². The molecule has 0 fully saturated rings. The van der Waals surface area contributed by atoms with Crippen molar-refractivity contribution in [1.82, 2.24) is 10.2 Å². The quantitative estimate of drug-likeness (QED) is 0.277. The molecule has 8 nitrogen and oxygen atoms in total. The van der Waals surface area contributed by atoms with Crippen LogP contribution in [0.2, 0.25) is 0 Å². The van der Waals surface area contributed by atoms with Crippen LogP contribution in [0.3, 0.4) is 0 Å². The molecule has 31 heavy (non-hydrogen) atoms. The molecule has 0 radical (unpaired) electrons. The lowest BCUT2D eigenvalue weighted by Crippen LogP contribution is -2.13. The smallest absolute Gasteiger partial charge is 0.369 e. The van der Waals surface area contributed by atoms with Crippen LogP contribution in [-0.2, 0) is 14.8 Å². The van der Waals surface area contributed by atoms with E-state index in [4.69, 9.17) is 4.74 Å². The number of benzene rings is 1. The van der Waals surface area contributed by atoms with Crippen molar-refractivity contribution in [2.45, 2.75) is 70.1 Å². The third-order valence-electron chi connectivity index (χ3n) is 4.62. The third-order valence-corrected chi connectivity index (χ3v) is 6.92. The van der Waals surface area contributed by atoms with E-state index in [1.165, 1.54) is 57.1 Å². The van der Waals surface area contributed by atoms with E-state index in [1.54, 1.807) is 19.1 Å². The number of nitrogens with one attached hydrogen (secondary N) is 2. The van der Waals surface area contributed by atoms with Crippen LogP contribution < -0.4 is 10.0 Å². The summed E-state index contributed by atoms with van der Waals surface area (Å²) in [6, 6.07) is 6.55. The van der Waals surface area contributed by atoms with Gasteiger partial charge >= 0.3 is 5.97 Å². The SMILES string of the molecule is CCCCCCCCCCNc1ccc(S(=O)(=O)Nc2nnc(C(=O)OCC)s2)cc1. The number of anilines is 2. The van der Waals surface area contributed by atoms with E-state index in [2.05, 4.69) is 27.2 Å². The molecule has 0 saturated carbocycles. The maximum absolute atomic E-state index is 12.5. The van der Waals surface area contributed by atoms with Crippen LogP contribution >= 0.6 is 11.3 Å². The van der Waals surface area contributed by atoms with Crippen LogP contribution in [0.5, 0.6) is 0 Å². The zero-order chi connectivity index (χ0) is 22.5. The lowest BCUT2D eigenvalue weighted by molar-refractivity contribution is 0.0525. The van der Waals surface area contributed by atoms with Crippen molar-refractivity contribution >= 4 is 38.1 Å². The molecule has 0 atom stereocenters. The van der Waals surface area contributed by atoms with Gasteiger partial charge in [-0.05, 0) is 37.6 Å². The number of sulfonamides is 1. The summed E-state index contributed by atoms with van der Waals surface area (Å²) in [6.45, 7) is 4.97. The highest BCUT2D eigenvalue weighted by atomic mass is 32.2. The Balaban J connectivity index is 1.76. The molecule has 1 aromatic carbocycles. The largest absolute Gasteiger partial charge is 0.461 e. The second kappa shape index (κ2) is 13.3. The predicted octanol–water partition coefficient (Wildman–Crippen LogP) is 5.07. The first-order valence-corrected chi connectivity index (χ1v) is 13.1. The van der Waals surface area contributed by atoms with Gasteiger partial charge in [-0.1, -0.05) is 63.2 Å².